The second-order valence-corrected chi connectivity index (χ2v) is 7.84. The predicted molar refractivity (Wildman–Crippen MR) is 83.0 cm³/mol. The Balaban J connectivity index is 1.68. The average molecular weight is 260 g/mol. The lowest BCUT2D eigenvalue weighted by Crippen LogP contribution is -2.21. The molecule has 0 radical (unpaired) electrons. The smallest absolute Gasteiger partial charge is 0.0169 e. The molecule has 0 N–H and O–H groups in total. The van der Waals surface area contributed by atoms with E-state index in [4.69, 9.17) is 0 Å². The van der Waals surface area contributed by atoms with E-state index in [1.54, 1.807) is 12.8 Å². The van der Waals surface area contributed by atoms with Crippen LogP contribution in [0.2, 0.25) is 0 Å². The summed E-state index contributed by atoms with van der Waals surface area (Å²) in [5, 5.41) is 0. The molecule has 19 heavy (non-hydrogen) atoms. The molecule has 0 aromatic rings. The van der Waals surface area contributed by atoms with Gasteiger partial charge in [-0.05, 0) is 80.5 Å². The molecule has 0 nitrogen and oxygen atoms in total. The maximum atomic E-state index is 2.63. The number of allylic oxidation sites excluding steroid dienone is 2. The van der Waals surface area contributed by atoms with Crippen LogP contribution in [0.1, 0.15) is 72.1 Å². The molecular formula is C19H32. The van der Waals surface area contributed by atoms with Crippen LogP contribution in [0.3, 0.4) is 0 Å². The molecule has 0 aromatic carbocycles. The van der Waals surface area contributed by atoms with Crippen molar-refractivity contribution in [2.75, 3.05) is 0 Å². The first kappa shape index (κ1) is 13.7. The predicted octanol–water partition coefficient (Wildman–Crippen LogP) is 5.83. The van der Waals surface area contributed by atoms with Crippen LogP contribution in [0.4, 0.5) is 0 Å². The highest BCUT2D eigenvalue weighted by atomic mass is 14.6. The summed E-state index contributed by atoms with van der Waals surface area (Å²) >= 11 is 0. The van der Waals surface area contributed by atoms with Gasteiger partial charge in [-0.3, -0.25) is 0 Å². The van der Waals surface area contributed by atoms with Gasteiger partial charge in [-0.25, -0.2) is 0 Å². The lowest BCUT2D eigenvalue weighted by molar-refractivity contribution is 0.239. The first-order valence-corrected chi connectivity index (χ1v) is 8.89. The van der Waals surface area contributed by atoms with Gasteiger partial charge in [-0.15, -0.1) is 0 Å². The Kier molecular flexibility index (Phi) is 4.06. The van der Waals surface area contributed by atoms with Crippen molar-refractivity contribution >= 4 is 0 Å². The highest BCUT2D eigenvalue weighted by Gasteiger charge is 2.53. The van der Waals surface area contributed by atoms with Crippen molar-refractivity contribution in [1.82, 2.24) is 0 Å². The van der Waals surface area contributed by atoms with E-state index in [-0.39, 0.29) is 0 Å². The second-order valence-electron chi connectivity index (χ2n) is 7.84. The Hall–Kier alpha value is -0.260. The van der Waals surface area contributed by atoms with Gasteiger partial charge in [0.25, 0.3) is 0 Å². The van der Waals surface area contributed by atoms with Crippen LogP contribution in [0.15, 0.2) is 11.6 Å². The van der Waals surface area contributed by atoms with E-state index in [0.29, 0.717) is 0 Å². The quantitative estimate of drug-likeness (QED) is 0.545. The summed E-state index contributed by atoms with van der Waals surface area (Å²) in [5.41, 5.74) is 1.88. The molecule has 3 rings (SSSR count). The summed E-state index contributed by atoms with van der Waals surface area (Å²) in [6.45, 7) is 7.27. The molecule has 108 valence electrons. The summed E-state index contributed by atoms with van der Waals surface area (Å²) in [5.74, 6) is 6.15. The maximum absolute atomic E-state index is 2.63. The Morgan fingerprint density at radius 2 is 2.05 bits per heavy atom. The molecule has 0 heterocycles. The molecule has 3 aliphatic rings. The summed E-state index contributed by atoms with van der Waals surface area (Å²) in [4.78, 5) is 0. The number of fused-ring (bicyclic) bond motifs is 1. The zero-order valence-corrected chi connectivity index (χ0v) is 13.2. The van der Waals surface area contributed by atoms with Crippen LogP contribution in [-0.2, 0) is 0 Å². The van der Waals surface area contributed by atoms with Crippen LogP contribution in [0.25, 0.3) is 0 Å². The van der Waals surface area contributed by atoms with Crippen LogP contribution in [0.5, 0.6) is 0 Å². The third kappa shape index (κ3) is 2.78. The summed E-state index contributed by atoms with van der Waals surface area (Å²) in [6, 6.07) is 0. The van der Waals surface area contributed by atoms with Crippen molar-refractivity contribution < 1.29 is 0 Å². The number of rotatable bonds is 5. The Labute approximate surface area is 120 Å². The second kappa shape index (κ2) is 5.62. The number of hydrogen-bond donors (Lipinski definition) is 0. The molecule has 3 aliphatic carbocycles. The highest BCUT2D eigenvalue weighted by molar-refractivity contribution is 5.18. The van der Waals surface area contributed by atoms with Gasteiger partial charge in [0.05, 0.1) is 0 Å². The van der Waals surface area contributed by atoms with Gasteiger partial charge in [0.1, 0.15) is 0 Å². The SMILES string of the molecule is CCC(CC1C(C2=CCCCC2)CC2CC21)C(C)C. The fourth-order valence-electron chi connectivity index (χ4n) is 5.09. The average Bonchev–Trinajstić information content (AvgIpc) is 3.11. The van der Waals surface area contributed by atoms with E-state index in [1.807, 2.05) is 5.57 Å². The van der Waals surface area contributed by atoms with E-state index in [0.717, 1.165) is 35.5 Å². The van der Waals surface area contributed by atoms with Gasteiger partial charge in [0, 0.05) is 0 Å². The molecule has 5 unspecified atom stereocenters. The summed E-state index contributed by atoms with van der Waals surface area (Å²) in [6.07, 6.45) is 14.4. The van der Waals surface area contributed by atoms with Crippen LogP contribution in [0, 0.1) is 35.5 Å². The molecule has 2 saturated carbocycles. The van der Waals surface area contributed by atoms with E-state index < -0.39 is 0 Å². The van der Waals surface area contributed by atoms with Crippen molar-refractivity contribution in [2.24, 2.45) is 35.5 Å². The minimum Gasteiger partial charge on any atom is -0.0850 e. The fourth-order valence-corrected chi connectivity index (χ4v) is 5.09. The van der Waals surface area contributed by atoms with Crippen molar-refractivity contribution in [3.05, 3.63) is 11.6 Å². The van der Waals surface area contributed by atoms with Crippen molar-refractivity contribution in [1.29, 1.82) is 0 Å². The molecule has 0 aliphatic heterocycles. The summed E-state index contributed by atoms with van der Waals surface area (Å²) in [7, 11) is 0. The highest BCUT2D eigenvalue weighted by Crippen LogP contribution is 2.62. The fraction of sp³-hybridized carbons (Fsp3) is 0.895. The Morgan fingerprint density at radius 1 is 1.21 bits per heavy atom. The zero-order valence-electron chi connectivity index (χ0n) is 13.2. The third-order valence-electron chi connectivity index (χ3n) is 6.45. The van der Waals surface area contributed by atoms with E-state index in [9.17, 15) is 0 Å². The van der Waals surface area contributed by atoms with Crippen LogP contribution < -0.4 is 0 Å². The van der Waals surface area contributed by atoms with E-state index >= 15 is 0 Å². The Morgan fingerprint density at radius 3 is 2.68 bits per heavy atom. The third-order valence-corrected chi connectivity index (χ3v) is 6.45. The zero-order chi connectivity index (χ0) is 13.4. The topological polar surface area (TPSA) is 0 Å². The van der Waals surface area contributed by atoms with Gasteiger partial charge in [0.2, 0.25) is 0 Å². The van der Waals surface area contributed by atoms with E-state index in [2.05, 4.69) is 26.8 Å². The van der Waals surface area contributed by atoms with Gasteiger partial charge in [0.15, 0.2) is 0 Å². The monoisotopic (exact) mass is 260 g/mol. The molecular weight excluding hydrogens is 228 g/mol. The largest absolute Gasteiger partial charge is 0.0850 e. The number of hydrogen-bond acceptors (Lipinski definition) is 0. The molecule has 0 aromatic heterocycles. The molecule has 0 heteroatoms. The minimum absolute atomic E-state index is 0.879. The lowest BCUT2D eigenvalue weighted by Gasteiger charge is -2.31. The molecule has 0 bridgehead atoms. The molecule has 5 atom stereocenters. The van der Waals surface area contributed by atoms with Gasteiger partial charge in [-0.2, -0.15) is 0 Å². The van der Waals surface area contributed by atoms with Crippen molar-refractivity contribution in [2.45, 2.75) is 72.1 Å². The lowest BCUT2D eigenvalue weighted by atomic mass is 9.74. The van der Waals surface area contributed by atoms with Crippen molar-refractivity contribution in [3.8, 4) is 0 Å². The standard InChI is InChI=1S/C19H32/c1-4-14(13(2)3)10-19-17(11-16-12-18(16)19)15-8-6-5-7-9-15/h8,13-14,16-19H,4-7,9-12H2,1-3H3. The summed E-state index contributed by atoms with van der Waals surface area (Å²) < 4.78 is 0. The van der Waals surface area contributed by atoms with Crippen LogP contribution in [-0.4, -0.2) is 0 Å². The molecule has 0 saturated heterocycles. The first-order chi connectivity index (χ1) is 9.20. The van der Waals surface area contributed by atoms with Crippen molar-refractivity contribution in [3.63, 3.8) is 0 Å². The maximum Gasteiger partial charge on any atom is -0.0169 e. The molecule has 0 amide bonds. The van der Waals surface area contributed by atoms with Gasteiger partial charge in [-0.1, -0.05) is 38.8 Å². The normalized spacial score (nSPS) is 39.1. The molecule has 2 fully saturated rings. The van der Waals surface area contributed by atoms with Gasteiger partial charge >= 0.3 is 0 Å². The van der Waals surface area contributed by atoms with Gasteiger partial charge < -0.3 is 0 Å². The van der Waals surface area contributed by atoms with Crippen LogP contribution >= 0.6 is 0 Å². The van der Waals surface area contributed by atoms with E-state index in [1.165, 1.54) is 38.5 Å². The Bertz CT molecular complexity index is 338. The minimum atomic E-state index is 0.879. The molecule has 0 spiro atoms. The first-order valence-electron chi connectivity index (χ1n) is 8.89.